The summed E-state index contributed by atoms with van der Waals surface area (Å²) in [6.07, 6.45) is 5.50. The Hall–Kier alpha value is -2.33. The largest absolute Gasteiger partial charge is 0.526 e. The monoisotopic (exact) mass is 254 g/mol. The minimum absolute atomic E-state index is 0.119. The van der Waals surface area contributed by atoms with Gasteiger partial charge in [0.15, 0.2) is 0 Å². The maximum absolute atomic E-state index is 7.43. The summed E-state index contributed by atoms with van der Waals surface area (Å²) in [6, 6.07) is 0. The highest BCUT2D eigenvalue weighted by molar-refractivity contribution is 5.78. The molecule has 0 unspecified atom stereocenters. The number of hydrogen-bond acceptors (Lipinski definition) is 2. The fourth-order valence-electron chi connectivity index (χ4n) is 2.06. The SMILES string of the molecule is [C-]#[N+]C([N+]#[C-])=C1C=C(C)N(CCCC(C)=N)C(C)=C1. The molecule has 0 aromatic carbocycles. The Morgan fingerprint density at radius 3 is 2.16 bits per heavy atom. The van der Waals surface area contributed by atoms with E-state index < -0.39 is 0 Å². The first-order valence-corrected chi connectivity index (χ1v) is 6.17. The van der Waals surface area contributed by atoms with Crippen molar-refractivity contribution in [2.24, 2.45) is 0 Å². The molecule has 1 aliphatic rings. The van der Waals surface area contributed by atoms with Crippen LogP contribution in [0, 0.1) is 18.6 Å². The Bertz CT molecular complexity index is 512. The van der Waals surface area contributed by atoms with E-state index in [0.29, 0.717) is 11.3 Å². The van der Waals surface area contributed by atoms with E-state index in [1.54, 1.807) is 0 Å². The highest BCUT2D eigenvalue weighted by Crippen LogP contribution is 2.25. The third-order valence-electron chi connectivity index (χ3n) is 2.98. The molecule has 0 fully saturated rings. The molecule has 0 aromatic heterocycles. The summed E-state index contributed by atoms with van der Waals surface area (Å²) in [5.74, 6) is 0.119. The predicted molar refractivity (Wildman–Crippen MR) is 77.1 cm³/mol. The van der Waals surface area contributed by atoms with Gasteiger partial charge in [0.25, 0.3) is 0 Å². The third-order valence-corrected chi connectivity index (χ3v) is 2.98. The molecule has 1 N–H and O–H groups in total. The Morgan fingerprint density at radius 1 is 1.21 bits per heavy atom. The lowest BCUT2D eigenvalue weighted by molar-refractivity contribution is 0.417. The Kier molecular flexibility index (Phi) is 5.09. The average molecular weight is 254 g/mol. The van der Waals surface area contributed by atoms with Gasteiger partial charge in [-0.2, -0.15) is 9.69 Å². The first-order valence-electron chi connectivity index (χ1n) is 6.17. The molecule has 4 heteroatoms. The first-order chi connectivity index (χ1) is 8.99. The van der Waals surface area contributed by atoms with E-state index in [0.717, 1.165) is 30.8 Å². The molecule has 0 radical (unpaired) electrons. The Labute approximate surface area is 114 Å². The molecular formula is C15H18N4. The molecule has 4 nitrogen and oxygen atoms in total. The molecule has 0 saturated heterocycles. The van der Waals surface area contributed by atoms with Gasteiger partial charge in [-0.25, -0.2) is 0 Å². The molecule has 19 heavy (non-hydrogen) atoms. The zero-order valence-electron chi connectivity index (χ0n) is 11.6. The molecule has 1 heterocycles. The van der Waals surface area contributed by atoms with E-state index >= 15 is 0 Å². The molecule has 0 aromatic rings. The molecular weight excluding hydrogens is 236 g/mol. The summed E-state index contributed by atoms with van der Waals surface area (Å²) in [6.45, 7) is 20.6. The van der Waals surface area contributed by atoms with Crippen LogP contribution >= 0.6 is 0 Å². The van der Waals surface area contributed by atoms with E-state index in [1.165, 1.54) is 0 Å². The number of rotatable bonds is 4. The van der Waals surface area contributed by atoms with Crippen molar-refractivity contribution in [1.29, 1.82) is 5.41 Å². The van der Waals surface area contributed by atoms with Gasteiger partial charge in [-0.3, -0.25) is 0 Å². The van der Waals surface area contributed by atoms with Gasteiger partial charge in [0.2, 0.25) is 0 Å². The molecule has 0 atom stereocenters. The summed E-state index contributed by atoms with van der Waals surface area (Å²) in [7, 11) is 0. The van der Waals surface area contributed by atoms with Gasteiger partial charge in [0, 0.05) is 23.7 Å². The summed E-state index contributed by atoms with van der Waals surface area (Å²) in [5, 5.41) is 7.43. The van der Waals surface area contributed by atoms with Crippen molar-refractivity contribution >= 4 is 5.71 Å². The lowest BCUT2D eigenvalue weighted by Crippen LogP contribution is -2.23. The zero-order chi connectivity index (χ0) is 14.4. The van der Waals surface area contributed by atoms with Crippen molar-refractivity contribution in [2.75, 3.05) is 6.54 Å². The smallest absolute Gasteiger partial charge is 0.349 e. The molecule has 98 valence electrons. The molecule has 0 saturated carbocycles. The third kappa shape index (κ3) is 3.82. The summed E-state index contributed by atoms with van der Waals surface area (Å²) >= 11 is 0. The van der Waals surface area contributed by atoms with Gasteiger partial charge in [-0.15, -0.1) is 0 Å². The van der Waals surface area contributed by atoms with Gasteiger partial charge in [0.05, 0.1) is 5.57 Å². The van der Waals surface area contributed by atoms with E-state index in [4.69, 9.17) is 18.6 Å². The van der Waals surface area contributed by atoms with Gasteiger partial charge < -0.3 is 10.3 Å². The molecule has 1 aliphatic heterocycles. The molecule has 0 amide bonds. The second kappa shape index (κ2) is 6.56. The fourth-order valence-corrected chi connectivity index (χ4v) is 2.06. The molecule has 0 spiro atoms. The first kappa shape index (κ1) is 14.7. The van der Waals surface area contributed by atoms with Crippen LogP contribution in [0.25, 0.3) is 9.69 Å². The van der Waals surface area contributed by atoms with Crippen LogP contribution in [-0.4, -0.2) is 17.2 Å². The van der Waals surface area contributed by atoms with Gasteiger partial charge in [0.1, 0.15) is 13.1 Å². The van der Waals surface area contributed by atoms with Crippen LogP contribution in [0.4, 0.5) is 0 Å². The van der Waals surface area contributed by atoms with Crippen LogP contribution in [0.5, 0.6) is 0 Å². The lowest BCUT2D eigenvalue weighted by atomic mass is 10.1. The van der Waals surface area contributed by atoms with Gasteiger partial charge >= 0.3 is 5.82 Å². The average Bonchev–Trinajstić information content (AvgIpc) is 2.34. The van der Waals surface area contributed by atoms with Crippen LogP contribution in [0.1, 0.15) is 33.6 Å². The highest BCUT2D eigenvalue weighted by atomic mass is 15.1. The van der Waals surface area contributed by atoms with Crippen LogP contribution in [0.15, 0.2) is 34.9 Å². The zero-order valence-corrected chi connectivity index (χ0v) is 11.6. The van der Waals surface area contributed by atoms with Crippen molar-refractivity contribution in [3.63, 3.8) is 0 Å². The van der Waals surface area contributed by atoms with Crippen LogP contribution in [-0.2, 0) is 0 Å². The van der Waals surface area contributed by atoms with E-state index in [9.17, 15) is 0 Å². The quantitative estimate of drug-likeness (QED) is 0.598. The van der Waals surface area contributed by atoms with Crippen molar-refractivity contribution in [1.82, 2.24) is 4.90 Å². The van der Waals surface area contributed by atoms with Crippen molar-refractivity contribution in [2.45, 2.75) is 33.6 Å². The Morgan fingerprint density at radius 2 is 1.74 bits per heavy atom. The molecule has 0 aliphatic carbocycles. The minimum atomic E-state index is 0.119. The Balaban J connectivity index is 2.88. The van der Waals surface area contributed by atoms with Crippen molar-refractivity contribution in [3.05, 3.63) is 57.8 Å². The second-order valence-corrected chi connectivity index (χ2v) is 4.61. The normalized spacial score (nSPS) is 14.2. The summed E-state index contributed by atoms with van der Waals surface area (Å²) in [5.41, 5.74) is 3.48. The highest BCUT2D eigenvalue weighted by Gasteiger charge is 2.18. The standard InChI is InChI=1S/C15H18N4/c1-11(16)7-6-8-19-12(2)9-14(10-13(19)3)15(17-4)18-5/h9-10,16H,6-8H2,1-3H3. The maximum Gasteiger partial charge on any atom is 0.526 e. The predicted octanol–water partition coefficient (Wildman–Crippen LogP) is 3.98. The summed E-state index contributed by atoms with van der Waals surface area (Å²) < 4.78 is 0. The van der Waals surface area contributed by atoms with Crippen molar-refractivity contribution < 1.29 is 0 Å². The van der Waals surface area contributed by atoms with E-state index in [1.807, 2.05) is 32.9 Å². The van der Waals surface area contributed by atoms with Crippen LogP contribution in [0.3, 0.4) is 0 Å². The van der Waals surface area contributed by atoms with Gasteiger partial charge in [-0.1, -0.05) is 0 Å². The van der Waals surface area contributed by atoms with E-state index in [-0.39, 0.29) is 5.82 Å². The maximum atomic E-state index is 7.43. The van der Waals surface area contributed by atoms with Crippen molar-refractivity contribution in [3.8, 4) is 0 Å². The number of hydrogen-bond donors (Lipinski definition) is 1. The number of nitrogens with one attached hydrogen (secondary N) is 1. The fraction of sp³-hybridized carbons (Fsp3) is 0.400. The minimum Gasteiger partial charge on any atom is -0.349 e. The topological polar surface area (TPSA) is 35.8 Å². The second-order valence-electron chi connectivity index (χ2n) is 4.61. The van der Waals surface area contributed by atoms with E-state index in [2.05, 4.69) is 14.6 Å². The van der Waals surface area contributed by atoms with Crippen LogP contribution < -0.4 is 0 Å². The molecule has 1 rings (SSSR count). The van der Waals surface area contributed by atoms with Gasteiger partial charge in [-0.05, 0) is 45.8 Å². The number of nitrogens with zero attached hydrogens (tertiary/aromatic N) is 3. The van der Waals surface area contributed by atoms with Crippen LogP contribution in [0.2, 0.25) is 0 Å². The summed E-state index contributed by atoms with van der Waals surface area (Å²) in [4.78, 5) is 8.66. The number of allylic oxidation sites excluding steroid dienone is 5. The lowest BCUT2D eigenvalue weighted by Gasteiger charge is -2.29. The molecule has 0 bridgehead atoms.